The lowest BCUT2D eigenvalue weighted by atomic mass is 9.61. The summed E-state index contributed by atoms with van der Waals surface area (Å²) in [6.07, 6.45) is 5.64. The van der Waals surface area contributed by atoms with Crippen LogP contribution in [0.1, 0.15) is 63.1 Å². The summed E-state index contributed by atoms with van der Waals surface area (Å²) in [4.78, 5) is 28.1. The molecule has 1 unspecified atom stereocenters. The Morgan fingerprint density at radius 1 is 1.26 bits per heavy atom. The van der Waals surface area contributed by atoms with Gasteiger partial charge < -0.3 is 10.1 Å². The van der Waals surface area contributed by atoms with Gasteiger partial charge in [0.05, 0.1) is 6.10 Å². The van der Waals surface area contributed by atoms with E-state index in [9.17, 15) is 9.59 Å². The van der Waals surface area contributed by atoms with Crippen molar-refractivity contribution in [1.29, 1.82) is 0 Å². The Kier molecular flexibility index (Phi) is 4.34. The zero-order chi connectivity index (χ0) is 19.4. The molecule has 1 N–H and O–H groups in total. The molecule has 5 nitrogen and oxygen atoms in total. The third-order valence-electron chi connectivity index (χ3n) is 7.10. The van der Waals surface area contributed by atoms with Crippen LogP contribution in [0, 0.1) is 5.41 Å². The summed E-state index contributed by atoms with van der Waals surface area (Å²) in [6.45, 7) is 5.94. The third kappa shape index (κ3) is 2.40. The Morgan fingerprint density at radius 2 is 1.96 bits per heavy atom. The zero-order valence-electron chi connectivity index (χ0n) is 16.8. The third-order valence-corrected chi connectivity index (χ3v) is 7.10. The van der Waals surface area contributed by atoms with Crippen LogP contribution in [0.2, 0.25) is 0 Å². The molecule has 5 heteroatoms. The van der Waals surface area contributed by atoms with Gasteiger partial charge in [-0.2, -0.15) is 0 Å². The number of amides is 3. The first kappa shape index (κ1) is 18.5. The molecule has 0 bridgehead atoms. The van der Waals surface area contributed by atoms with E-state index in [1.54, 1.807) is 7.11 Å². The molecular weight excluding hydrogens is 340 g/mol. The van der Waals surface area contributed by atoms with Gasteiger partial charge in [-0.1, -0.05) is 25.1 Å². The van der Waals surface area contributed by atoms with Crippen LogP contribution in [-0.4, -0.2) is 36.1 Å². The number of nitrogens with one attached hydrogen (secondary N) is 1. The maximum absolute atomic E-state index is 13.8. The number of urea groups is 1. The number of fused-ring (bicyclic) bond motifs is 3. The molecule has 3 amide bonds. The van der Waals surface area contributed by atoms with Crippen molar-refractivity contribution in [2.75, 3.05) is 7.11 Å². The number of imide groups is 1. The van der Waals surface area contributed by atoms with E-state index in [4.69, 9.17) is 4.74 Å². The molecule has 2 spiro atoms. The number of rotatable bonds is 3. The number of benzene rings is 1. The maximum atomic E-state index is 13.8. The largest absolute Gasteiger partial charge is 0.381 e. The van der Waals surface area contributed by atoms with Gasteiger partial charge in [0.2, 0.25) is 0 Å². The summed E-state index contributed by atoms with van der Waals surface area (Å²) in [5, 5.41) is 3.21. The minimum absolute atomic E-state index is 0.0645. The Morgan fingerprint density at radius 3 is 2.52 bits per heavy atom. The normalized spacial score (nSPS) is 32.6. The number of hydrogen-bond donors (Lipinski definition) is 1. The van der Waals surface area contributed by atoms with E-state index in [1.807, 2.05) is 13.8 Å². The van der Waals surface area contributed by atoms with Crippen molar-refractivity contribution in [1.82, 2.24) is 10.2 Å². The van der Waals surface area contributed by atoms with Crippen LogP contribution in [0.15, 0.2) is 18.2 Å². The molecule has 1 saturated heterocycles. The molecule has 4 rings (SSSR count). The highest BCUT2D eigenvalue weighted by Gasteiger charge is 2.68. The van der Waals surface area contributed by atoms with E-state index in [0.717, 1.165) is 44.1 Å². The standard InChI is InChI=1S/C22H30N2O3/c1-5-15-6-7-16-13-21(10-8-17(27-4)9-11-21)22(18(16)12-15)19(25)24(14(2)3)20(26)23-22/h6-7,12,14,17H,5,8-11,13H2,1-4H3,(H,23,26)/t17-,21-,22?. The first-order valence-corrected chi connectivity index (χ1v) is 10.2. The summed E-state index contributed by atoms with van der Waals surface area (Å²) in [7, 11) is 1.76. The first-order chi connectivity index (χ1) is 12.9. The molecule has 0 radical (unpaired) electrons. The molecule has 0 aromatic heterocycles. The summed E-state index contributed by atoms with van der Waals surface area (Å²) >= 11 is 0. The molecule has 1 atom stereocenters. The molecular formula is C22H30N2O3. The highest BCUT2D eigenvalue weighted by Crippen LogP contribution is 2.60. The topological polar surface area (TPSA) is 58.6 Å². The van der Waals surface area contributed by atoms with E-state index < -0.39 is 5.54 Å². The van der Waals surface area contributed by atoms with Gasteiger partial charge in [0.15, 0.2) is 5.54 Å². The second-order valence-electron chi connectivity index (χ2n) is 8.69. The van der Waals surface area contributed by atoms with Crippen molar-refractivity contribution >= 4 is 11.9 Å². The lowest BCUT2D eigenvalue weighted by molar-refractivity contribution is -0.139. The molecule has 1 heterocycles. The summed E-state index contributed by atoms with van der Waals surface area (Å²) in [5.41, 5.74) is 2.27. The van der Waals surface area contributed by atoms with E-state index >= 15 is 0 Å². The van der Waals surface area contributed by atoms with E-state index in [2.05, 4.69) is 30.4 Å². The SMILES string of the molecule is CCc1ccc2c(c1)C1(NC(=O)N(C(C)C)C1=O)[C@]1(CC[C@H](OC)CC1)C2. The first-order valence-electron chi connectivity index (χ1n) is 10.2. The summed E-state index contributed by atoms with van der Waals surface area (Å²) in [6, 6.07) is 6.09. The lowest BCUT2D eigenvalue weighted by Gasteiger charge is -2.46. The van der Waals surface area contributed by atoms with Gasteiger partial charge in [-0.05, 0) is 69.1 Å². The van der Waals surface area contributed by atoms with Crippen molar-refractivity contribution in [3.63, 3.8) is 0 Å². The van der Waals surface area contributed by atoms with Crippen LogP contribution in [0.5, 0.6) is 0 Å². The van der Waals surface area contributed by atoms with E-state index in [0.29, 0.717) is 0 Å². The van der Waals surface area contributed by atoms with Gasteiger partial charge in [-0.15, -0.1) is 0 Å². The quantitative estimate of drug-likeness (QED) is 0.828. The molecule has 1 aromatic rings. The van der Waals surface area contributed by atoms with Crippen LogP contribution in [0.25, 0.3) is 0 Å². The van der Waals surface area contributed by atoms with Crippen molar-refractivity contribution in [3.05, 3.63) is 34.9 Å². The molecule has 1 aromatic carbocycles. The average Bonchev–Trinajstić information content (AvgIpc) is 3.08. The minimum atomic E-state index is -0.923. The van der Waals surface area contributed by atoms with Gasteiger partial charge in [0, 0.05) is 18.6 Å². The number of methoxy groups -OCH3 is 1. The van der Waals surface area contributed by atoms with Gasteiger partial charge in [0.25, 0.3) is 5.91 Å². The van der Waals surface area contributed by atoms with Crippen LogP contribution in [0.3, 0.4) is 0 Å². The molecule has 2 aliphatic carbocycles. The Balaban J connectivity index is 1.87. The smallest absolute Gasteiger partial charge is 0.325 e. The van der Waals surface area contributed by atoms with E-state index in [1.165, 1.54) is 16.0 Å². The van der Waals surface area contributed by atoms with Gasteiger partial charge in [-0.25, -0.2) is 4.79 Å². The minimum Gasteiger partial charge on any atom is -0.381 e. The van der Waals surface area contributed by atoms with Crippen LogP contribution < -0.4 is 5.32 Å². The monoisotopic (exact) mass is 370 g/mol. The average molecular weight is 370 g/mol. The highest BCUT2D eigenvalue weighted by molar-refractivity contribution is 6.09. The van der Waals surface area contributed by atoms with Crippen molar-refractivity contribution in [2.24, 2.45) is 5.41 Å². The number of carbonyl (C=O) groups is 2. The summed E-state index contributed by atoms with van der Waals surface area (Å²) in [5.74, 6) is -0.0645. The molecule has 27 heavy (non-hydrogen) atoms. The molecule has 3 aliphatic rings. The molecule has 146 valence electrons. The molecule has 1 aliphatic heterocycles. The fraction of sp³-hybridized carbons (Fsp3) is 0.636. The predicted octanol–water partition coefficient (Wildman–Crippen LogP) is 3.54. The fourth-order valence-corrected chi connectivity index (χ4v) is 5.62. The highest BCUT2D eigenvalue weighted by atomic mass is 16.5. The number of hydrogen-bond acceptors (Lipinski definition) is 3. The Bertz CT molecular complexity index is 780. The van der Waals surface area contributed by atoms with Crippen molar-refractivity contribution in [2.45, 2.75) is 77.0 Å². The second kappa shape index (κ2) is 6.33. The Hall–Kier alpha value is -1.88. The molecule has 2 fully saturated rings. The lowest BCUT2D eigenvalue weighted by Crippen LogP contribution is -2.57. The van der Waals surface area contributed by atoms with Gasteiger partial charge in [-0.3, -0.25) is 9.69 Å². The van der Waals surface area contributed by atoms with Gasteiger partial charge >= 0.3 is 6.03 Å². The van der Waals surface area contributed by atoms with Crippen molar-refractivity contribution < 1.29 is 14.3 Å². The van der Waals surface area contributed by atoms with Crippen LogP contribution in [-0.2, 0) is 27.9 Å². The number of aryl methyl sites for hydroxylation is 1. The van der Waals surface area contributed by atoms with Crippen LogP contribution >= 0.6 is 0 Å². The maximum Gasteiger partial charge on any atom is 0.325 e. The number of nitrogens with zero attached hydrogens (tertiary/aromatic N) is 1. The number of ether oxygens (including phenoxy) is 1. The van der Waals surface area contributed by atoms with Crippen LogP contribution in [0.4, 0.5) is 4.79 Å². The second-order valence-corrected chi connectivity index (χ2v) is 8.69. The van der Waals surface area contributed by atoms with Crippen molar-refractivity contribution in [3.8, 4) is 0 Å². The molecule has 1 saturated carbocycles. The summed E-state index contributed by atoms with van der Waals surface area (Å²) < 4.78 is 5.58. The number of carbonyl (C=O) groups excluding carboxylic acids is 2. The van der Waals surface area contributed by atoms with E-state index in [-0.39, 0.29) is 29.5 Å². The van der Waals surface area contributed by atoms with Gasteiger partial charge in [0.1, 0.15) is 0 Å². The fourth-order valence-electron chi connectivity index (χ4n) is 5.62. The predicted molar refractivity (Wildman–Crippen MR) is 103 cm³/mol. The Labute approximate surface area is 161 Å². The zero-order valence-corrected chi connectivity index (χ0v) is 16.8.